The Morgan fingerprint density at radius 3 is 2.41 bits per heavy atom. The Bertz CT molecular complexity index is 821. The SMILES string of the molecule is O=C(OCC1c2ccccc2-c2ccccc21)N1C[C@@H]2[C@H](CO)CO[C@@H]2C1. The largest absolute Gasteiger partial charge is 0.448 e. The molecule has 3 atom stereocenters. The number of nitrogens with zero attached hydrogens (tertiary/aromatic N) is 1. The maximum Gasteiger partial charge on any atom is 0.409 e. The minimum Gasteiger partial charge on any atom is -0.448 e. The maximum atomic E-state index is 12.6. The van der Waals surface area contributed by atoms with Gasteiger partial charge in [-0.1, -0.05) is 48.5 Å². The fourth-order valence-corrected chi connectivity index (χ4v) is 4.82. The molecule has 2 fully saturated rings. The number of ether oxygens (including phenoxy) is 2. The second-order valence-corrected chi connectivity index (χ2v) is 7.69. The number of likely N-dealkylation sites (tertiary alicyclic amines) is 1. The van der Waals surface area contributed by atoms with E-state index in [0.29, 0.717) is 26.3 Å². The minimum atomic E-state index is -0.286. The van der Waals surface area contributed by atoms with E-state index >= 15 is 0 Å². The number of amides is 1. The third-order valence-electron chi connectivity index (χ3n) is 6.27. The molecule has 2 aliphatic heterocycles. The second-order valence-electron chi connectivity index (χ2n) is 7.69. The molecule has 5 rings (SSSR count). The number of aliphatic hydroxyl groups is 1. The number of hydrogen-bond acceptors (Lipinski definition) is 4. The molecule has 1 N–H and O–H groups in total. The lowest BCUT2D eigenvalue weighted by molar-refractivity contribution is 0.0735. The summed E-state index contributed by atoms with van der Waals surface area (Å²) in [5, 5.41) is 9.46. The summed E-state index contributed by atoms with van der Waals surface area (Å²) in [6, 6.07) is 16.7. The van der Waals surface area contributed by atoms with Gasteiger partial charge in [-0.15, -0.1) is 0 Å². The first-order valence-electron chi connectivity index (χ1n) is 9.58. The van der Waals surface area contributed by atoms with Gasteiger partial charge in [0.15, 0.2) is 0 Å². The van der Waals surface area contributed by atoms with Crippen molar-refractivity contribution >= 4 is 6.09 Å². The van der Waals surface area contributed by atoms with Crippen molar-refractivity contribution in [2.45, 2.75) is 12.0 Å². The van der Waals surface area contributed by atoms with E-state index in [4.69, 9.17) is 9.47 Å². The molecule has 140 valence electrons. The van der Waals surface area contributed by atoms with Crippen LogP contribution in [0.2, 0.25) is 0 Å². The summed E-state index contributed by atoms with van der Waals surface area (Å²) in [5.41, 5.74) is 4.88. The predicted molar refractivity (Wildman–Crippen MR) is 100 cm³/mol. The monoisotopic (exact) mass is 365 g/mol. The van der Waals surface area contributed by atoms with Crippen LogP contribution in [0.4, 0.5) is 4.79 Å². The van der Waals surface area contributed by atoms with Crippen LogP contribution in [-0.4, -0.2) is 55.1 Å². The molecule has 27 heavy (non-hydrogen) atoms. The number of benzene rings is 2. The van der Waals surface area contributed by atoms with Crippen LogP contribution in [0.1, 0.15) is 17.0 Å². The highest BCUT2D eigenvalue weighted by molar-refractivity contribution is 5.79. The quantitative estimate of drug-likeness (QED) is 0.909. The van der Waals surface area contributed by atoms with Crippen molar-refractivity contribution < 1.29 is 19.4 Å². The van der Waals surface area contributed by atoms with Gasteiger partial charge in [0.25, 0.3) is 0 Å². The topological polar surface area (TPSA) is 59.0 Å². The highest BCUT2D eigenvalue weighted by atomic mass is 16.6. The number of rotatable bonds is 3. The van der Waals surface area contributed by atoms with Crippen molar-refractivity contribution in [1.29, 1.82) is 0 Å². The van der Waals surface area contributed by atoms with Crippen LogP contribution in [0.25, 0.3) is 11.1 Å². The van der Waals surface area contributed by atoms with E-state index in [-0.39, 0.29) is 36.6 Å². The van der Waals surface area contributed by atoms with Crippen molar-refractivity contribution in [1.82, 2.24) is 4.90 Å². The number of aliphatic hydroxyl groups excluding tert-OH is 1. The molecule has 0 aromatic heterocycles. The summed E-state index contributed by atoms with van der Waals surface area (Å²) < 4.78 is 11.4. The molecule has 2 saturated heterocycles. The lowest BCUT2D eigenvalue weighted by atomic mass is 9.94. The van der Waals surface area contributed by atoms with E-state index < -0.39 is 0 Å². The molecule has 0 bridgehead atoms. The second kappa shape index (κ2) is 6.66. The molecule has 5 heteroatoms. The van der Waals surface area contributed by atoms with Crippen LogP contribution >= 0.6 is 0 Å². The standard InChI is InChI=1S/C22H23NO4/c24-11-14-12-26-21-10-23(9-19(14)21)22(25)27-13-20-17-7-3-1-5-15(17)16-6-2-4-8-18(16)20/h1-8,14,19-21,24H,9-13H2/t14-,19-,21-/m1/s1. The Morgan fingerprint density at radius 2 is 1.74 bits per heavy atom. The van der Waals surface area contributed by atoms with Crippen molar-refractivity contribution in [2.24, 2.45) is 11.8 Å². The van der Waals surface area contributed by atoms with Gasteiger partial charge in [-0.3, -0.25) is 0 Å². The number of hydrogen-bond donors (Lipinski definition) is 1. The average Bonchev–Trinajstić information content (AvgIpc) is 3.37. The molecule has 0 unspecified atom stereocenters. The molecule has 1 aliphatic carbocycles. The molecule has 3 aliphatic rings. The first kappa shape index (κ1) is 16.8. The highest BCUT2D eigenvalue weighted by Gasteiger charge is 2.45. The number of fused-ring (bicyclic) bond motifs is 4. The third kappa shape index (κ3) is 2.73. The van der Waals surface area contributed by atoms with E-state index in [1.54, 1.807) is 4.90 Å². The van der Waals surface area contributed by atoms with Gasteiger partial charge >= 0.3 is 6.09 Å². The van der Waals surface area contributed by atoms with E-state index in [1.165, 1.54) is 22.3 Å². The van der Waals surface area contributed by atoms with Crippen LogP contribution in [0.15, 0.2) is 48.5 Å². The molecule has 0 saturated carbocycles. The Hall–Kier alpha value is -2.37. The summed E-state index contributed by atoms with van der Waals surface area (Å²) in [7, 11) is 0. The van der Waals surface area contributed by atoms with Gasteiger partial charge in [-0.2, -0.15) is 0 Å². The van der Waals surface area contributed by atoms with Gasteiger partial charge in [-0.25, -0.2) is 4.79 Å². The van der Waals surface area contributed by atoms with Gasteiger partial charge in [0, 0.05) is 30.9 Å². The molecule has 2 aromatic rings. The highest BCUT2D eigenvalue weighted by Crippen LogP contribution is 2.44. The normalized spacial score (nSPS) is 26.0. The maximum absolute atomic E-state index is 12.6. The Balaban J connectivity index is 1.29. The summed E-state index contributed by atoms with van der Waals surface area (Å²) in [4.78, 5) is 14.4. The van der Waals surface area contributed by atoms with Crippen molar-refractivity contribution in [2.75, 3.05) is 32.9 Å². The Kier molecular flexibility index (Phi) is 4.14. The first-order chi connectivity index (χ1) is 13.3. The average molecular weight is 365 g/mol. The minimum absolute atomic E-state index is 0.0302. The van der Waals surface area contributed by atoms with Crippen molar-refractivity contribution in [3.05, 3.63) is 59.7 Å². The molecular weight excluding hydrogens is 342 g/mol. The van der Waals surface area contributed by atoms with Gasteiger partial charge in [0.1, 0.15) is 6.61 Å². The van der Waals surface area contributed by atoms with E-state index in [0.717, 1.165) is 0 Å². The van der Waals surface area contributed by atoms with Crippen LogP contribution in [0.3, 0.4) is 0 Å². The Labute approximate surface area is 158 Å². The molecular formula is C22H23NO4. The summed E-state index contributed by atoms with van der Waals surface area (Å²) >= 11 is 0. The molecule has 0 spiro atoms. The number of carbonyl (C=O) groups excluding carboxylic acids is 1. The van der Waals surface area contributed by atoms with Gasteiger partial charge in [0.2, 0.25) is 0 Å². The summed E-state index contributed by atoms with van der Waals surface area (Å²) in [6.45, 7) is 2.19. The Morgan fingerprint density at radius 1 is 1.07 bits per heavy atom. The number of carbonyl (C=O) groups is 1. The van der Waals surface area contributed by atoms with E-state index in [2.05, 4.69) is 24.3 Å². The first-order valence-corrected chi connectivity index (χ1v) is 9.58. The van der Waals surface area contributed by atoms with Crippen LogP contribution < -0.4 is 0 Å². The fourth-order valence-electron chi connectivity index (χ4n) is 4.82. The smallest absolute Gasteiger partial charge is 0.409 e. The summed E-state index contributed by atoms with van der Waals surface area (Å²) in [6.07, 6.45) is -0.255. The zero-order valence-electron chi connectivity index (χ0n) is 15.1. The predicted octanol–water partition coefficient (Wildman–Crippen LogP) is 2.87. The lowest BCUT2D eigenvalue weighted by Gasteiger charge is -2.20. The van der Waals surface area contributed by atoms with Crippen molar-refractivity contribution in [3.8, 4) is 11.1 Å². The molecule has 0 radical (unpaired) electrons. The third-order valence-corrected chi connectivity index (χ3v) is 6.27. The lowest BCUT2D eigenvalue weighted by Crippen LogP contribution is -2.33. The zero-order valence-corrected chi connectivity index (χ0v) is 15.1. The summed E-state index contributed by atoms with van der Waals surface area (Å²) in [5.74, 6) is 0.418. The zero-order chi connectivity index (χ0) is 18.4. The van der Waals surface area contributed by atoms with Crippen LogP contribution in [0, 0.1) is 11.8 Å². The van der Waals surface area contributed by atoms with Gasteiger partial charge in [-0.05, 0) is 22.3 Å². The molecule has 2 heterocycles. The van der Waals surface area contributed by atoms with Crippen LogP contribution in [0.5, 0.6) is 0 Å². The molecule has 1 amide bonds. The van der Waals surface area contributed by atoms with Gasteiger partial charge in [0.05, 0.1) is 19.3 Å². The molecule has 5 nitrogen and oxygen atoms in total. The van der Waals surface area contributed by atoms with E-state index in [9.17, 15) is 9.90 Å². The van der Waals surface area contributed by atoms with E-state index in [1.807, 2.05) is 24.3 Å². The van der Waals surface area contributed by atoms with Crippen LogP contribution in [-0.2, 0) is 9.47 Å². The van der Waals surface area contributed by atoms with Gasteiger partial charge < -0.3 is 19.5 Å². The van der Waals surface area contributed by atoms with Crippen molar-refractivity contribution in [3.63, 3.8) is 0 Å². The fraction of sp³-hybridized carbons (Fsp3) is 0.409. The molecule has 2 aromatic carbocycles.